The number of aliphatic hydroxyl groups is 1. The number of aromatic nitrogens is 7. The third-order valence-electron chi connectivity index (χ3n) is 5.70. The van der Waals surface area contributed by atoms with Crippen molar-refractivity contribution >= 4 is 11.6 Å². The molecular weight excluding hydrogens is 544 g/mol. The summed E-state index contributed by atoms with van der Waals surface area (Å²) in [4.78, 5) is 21.6. The Hall–Kier alpha value is -3.62. The zero-order valence-corrected chi connectivity index (χ0v) is 21.7. The normalized spacial score (nSPS) is 13.2. The van der Waals surface area contributed by atoms with Crippen molar-refractivity contribution in [3.63, 3.8) is 0 Å². The molecule has 0 amide bonds. The molecular formula is C24H25ClF4N8O2. The van der Waals surface area contributed by atoms with E-state index in [1.165, 1.54) is 47.3 Å². The van der Waals surface area contributed by atoms with Crippen LogP contribution in [-0.4, -0.2) is 57.0 Å². The highest BCUT2D eigenvalue weighted by atomic mass is 35.5. The molecule has 0 bridgehead atoms. The lowest BCUT2D eigenvalue weighted by molar-refractivity contribution is -0.207. The maximum atomic E-state index is 14.5. The molecule has 1 atom stereocenters. The van der Waals surface area contributed by atoms with Gasteiger partial charge < -0.3 is 10.8 Å². The molecule has 15 heteroatoms. The molecule has 10 nitrogen and oxygen atoms in total. The highest BCUT2D eigenvalue weighted by molar-refractivity contribution is 6.30. The lowest BCUT2D eigenvalue weighted by Crippen LogP contribution is -2.37. The van der Waals surface area contributed by atoms with E-state index in [1.54, 1.807) is 0 Å². The summed E-state index contributed by atoms with van der Waals surface area (Å²) < 4.78 is 56.7. The van der Waals surface area contributed by atoms with E-state index in [-0.39, 0.29) is 24.0 Å². The van der Waals surface area contributed by atoms with E-state index in [9.17, 15) is 27.5 Å². The zero-order chi connectivity index (χ0) is 28.5. The largest absolute Gasteiger partial charge is 0.416 e. The van der Waals surface area contributed by atoms with Gasteiger partial charge in [0.15, 0.2) is 29.4 Å². The van der Waals surface area contributed by atoms with Crippen LogP contribution in [0.2, 0.25) is 5.02 Å². The van der Waals surface area contributed by atoms with E-state index < -0.39 is 35.9 Å². The zero-order valence-electron chi connectivity index (χ0n) is 20.9. The fourth-order valence-corrected chi connectivity index (χ4v) is 3.81. The molecule has 4 aromatic rings. The van der Waals surface area contributed by atoms with Crippen LogP contribution in [0.15, 0.2) is 47.4 Å². The van der Waals surface area contributed by atoms with Gasteiger partial charge in [-0.1, -0.05) is 11.6 Å². The van der Waals surface area contributed by atoms with E-state index in [4.69, 9.17) is 17.3 Å². The second kappa shape index (κ2) is 10.9. The molecule has 3 aromatic heterocycles. The second-order valence-electron chi connectivity index (χ2n) is 9.59. The lowest BCUT2D eigenvalue weighted by Gasteiger charge is -2.17. The maximum absolute atomic E-state index is 14.5. The number of pyridine rings is 1. The van der Waals surface area contributed by atoms with Crippen LogP contribution in [0, 0.1) is 5.82 Å². The third-order valence-corrected chi connectivity index (χ3v) is 5.95. The molecule has 0 saturated carbocycles. The van der Waals surface area contributed by atoms with Crippen molar-refractivity contribution in [2.75, 3.05) is 0 Å². The van der Waals surface area contributed by atoms with Crippen molar-refractivity contribution in [3.8, 4) is 17.2 Å². The van der Waals surface area contributed by atoms with Crippen molar-refractivity contribution in [2.24, 2.45) is 5.73 Å². The van der Waals surface area contributed by atoms with Crippen LogP contribution < -0.4 is 11.4 Å². The fourth-order valence-electron chi connectivity index (χ4n) is 3.69. The first-order valence-electron chi connectivity index (χ1n) is 11.8. The van der Waals surface area contributed by atoms with Crippen LogP contribution in [0.5, 0.6) is 0 Å². The molecule has 0 aliphatic heterocycles. The van der Waals surface area contributed by atoms with Crippen LogP contribution >= 0.6 is 11.6 Å². The number of halogens is 5. The van der Waals surface area contributed by atoms with Gasteiger partial charge in [0.25, 0.3) is 0 Å². The van der Waals surface area contributed by atoms with Gasteiger partial charge in [-0.2, -0.15) is 17.9 Å². The molecule has 0 aliphatic rings. The van der Waals surface area contributed by atoms with Crippen molar-refractivity contribution in [2.45, 2.75) is 57.6 Å². The Balaban J connectivity index is 1.76. The first kappa shape index (κ1) is 28.4. The van der Waals surface area contributed by atoms with E-state index in [2.05, 4.69) is 20.2 Å². The third kappa shape index (κ3) is 6.69. The van der Waals surface area contributed by atoms with Gasteiger partial charge in [0, 0.05) is 28.7 Å². The SMILES string of the molecule is CC(C)(N)CCc1nc(Cn2nc(-c3ccc(Cl)cc3)n(C[C@H](O)C(F)(F)F)c2=O)nn1-c1ncccc1F. The number of rotatable bonds is 9. The van der Waals surface area contributed by atoms with E-state index in [0.29, 0.717) is 33.8 Å². The Morgan fingerprint density at radius 3 is 2.44 bits per heavy atom. The van der Waals surface area contributed by atoms with Crippen molar-refractivity contribution < 1.29 is 22.7 Å². The number of aliphatic hydroxyl groups excluding tert-OH is 1. The summed E-state index contributed by atoms with van der Waals surface area (Å²) in [5.74, 6) is -0.543. The van der Waals surface area contributed by atoms with Crippen LogP contribution in [0.25, 0.3) is 17.2 Å². The molecule has 1 aromatic carbocycles. The fraction of sp³-hybridized carbons (Fsp3) is 0.375. The molecule has 4 rings (SSSR count). The Morgan fingerprint density at radius 1 is 1.13 bits per heavy atom. The van der Waals surface area contributed by atoms with E-state index >= 15 is 0 Å². The van der Waals surface area contributed by atoms with E-state index in [1.807, 2.05) is 13.8 Å². The predicted molar refractivity (Wildman–Crippen MR) is 134 cm³/mol. The average Bonchev–Trinajstić information content (AvgIpc) is 3.39. The summed E-state index contributed by atoms with van der Waals surface area (Å²) in [6, 6.07) is 8.56. The van der Waals surface area contributed by atoms with Crippen LogP contribution in [-0.2, 0) is 19.5 Å². The molecule has 39 heavy (non-hydrogen) atoms. The Kier molecular flexibility index (Phi) is 7.91. The quantitative estimate of drug-likeness (QED) is 0.297. The first-order chi connectivity index (χ1) is 18.2. The summed E-state index contributed by atoms with van der Waals surface area (Å²) in [6.07, 6.45) is -5.63. The number of nitrogens with two attached hydrogens (primary N) is 1. The van der Waals surface area contributed by atoms with Crippen LogP contribution in [0.3, 0.4) is 0 Å². The summed E-state index contributed by atoms with van der Waals surface area (Å²) >= 11 is 5.92. The molecule has 0 radical (unpaired) electrons. The van der Waals surface area contributed by atoms with Gasteiger partial charge in [-0.3, -0.25) is 4.57 Å². The van der Waals surface area contributed by atoms with Gasteiger partial charge >= 0.3 is 11.9 Å². The number of alkyl halides is 3. The minimum atomic E-state index is -4.96. The Morgan fingerprint density at radius 2 is 1.82 bits per heavy atom. The second-order valence-corrected chi connectivity index (χ2v) is 10.0. The molecule has 208 valence electrons. The Labute approximate surface area is 224 Å². The predicted octanol–water partition coefficient (Wildman–Crippen LogP) is 3.12. The van der Waals surface area contributed by atoms with Gasteiger partial charge in [-0.25, -0.2) is 23.8 Å². The topological polar surface area (TPSA) is 130 Å². The molecule has 3 N–H and O–H groups in total. The molecule has 0 unspecified atom stereocenters. The Bertz CT molecular complexity index is 1510. The average molecular weight is 569 g/mol. The van der Waals surface area contributed by atoms with Gasteiger partial charge in [-0.05, 0) is 56.7 Å². The lowest BCUT2D eigenvalue weighted by atomic mass is 10.00. The number of nitrogens with zero attached hydrogens (tertiary/aromatic N) is 7. The first-order valence-corrected chi connectivity index (χ1v) is 12.1. The van der Waals surface area contributed by atoms with Gasteiger partial charge in [-0.15, -0.1) is 10.2 Å². The highest BCUT2D eigenvalue weighted by Gasteiger charge is 2.39. The number of hydrogen-bond donors (Lipinski definition) is 2. The molecule has 3 heterocycles. The summed E-state index contributed by atoms with van der Waals surface area (Å²) in [7, 11) is 0. The molecule has 0 aliphatic carbocycles. The van der Waals surface area contributed by atoms with Gasteiger partial charge in [0.2, 0.25) is 0 Å². The number of benzene rings is 1. The monoisotopic (exact) mass is 568 g/mol. The maximum Gasteiger partial charge on any atom is 0.416 e. The number of aryl methyl sites for hydroxylation is 1. The van der Waals surface area contributed by atoms with Crippen molar-refractivity contribution in [1.82, 2.24) is 34.1 Å². The van der Waals surface area contributed by atoms with Gasteiger partial charge in [0.05, 0.1) is 6.54 Å². The molecule has 0 saturated heterocycles. The van der Waals surface area contributed by atoms with Crippen LogP contribution in [0.4, 0.5) is 17.6 Å². The molecule has 0 fully saturated rings. The standard InChI is InChI=1S/C24H25ClF4N8O2/c1-23(2,30)10-9-19-32-18(33-37(19)21-16(26)4-3-11-31-21)13-36-22(39)35(12-17(38)24(27,28)29)20(34-36)14-5-7-15(25)8-6-14/h3-8,11,17,38H,9-10,12-13,30H2,1-2H3/t17-/m0/s1. The smallest absolute Gasteiger partial charge is 0.382 e. The van der Waals surface area contributed by atoms with Gasteiger partial charge in [0.1, 0.15) is 12.4 Å². The summed E-state index contributed by atoms with van der Waals surface area (Å²) in [6.45, 7) is 2.19. The summed E-state index contributed by atoms with van der Waals surface area (Å²) in [5, 5.41) is 18.5. The molecule has 0 spiro atoms. The highest BCUT2D eigenvalue weighted by Crippen LogP contribution is 2.24. The van der Waals surface area contributed by atoms with Crippen molar-refractivity contribution in [1.29, 1.82) is 0 Å². The summed E-state index contributed by atoms with van der Waals surface area (Å²) in [5.41, 5.74) is 4.88. The minimum Gasteiger partial charge on any atom is -0.382 e. The van der Waals surface area contributed by atoms with Crippen LogP contribution in [0.1, 0.15) is 31.9 Å². The minimum absolute atomic E-state index is 0.0376. The van der Waals surface area contributed by atoms with Crippen molar-refractivity contribution in [3.05, 3.63) is 75.6 Å². The number of hydrogen-bond acceptors (Lipinski definition) is 7. The van der Waals surface area contributed by atoms with E-state index in [0.717, 1.165) is 4.68 Å².